The standard InChI is InChI=1S/C11H9ClF4O2/c12-8-2-1-6(3-9(8)13)10(11(14,15)16)18-5-7-4-17-7/h1-3,7,10H,4-5H2/t7-,10+/m1/s1. The molecule has 1 heterocycles. The molecule has 18 heavy (non-hydrogen) atoms. The van der Waals surface area contributed by atoms with E-state index in [9.17, 15) is 17.6 Å². The predicted octanol–water partition coefficient (Wildman–Crippen LogP) is 3.50. The molecule has 2 atom stereocenters. The Morgan fingerprint density at radius 3 is 2.61 bits per heavy atom. The Morgan fingerprint density at radius 1 is 1.44 bits per heavy atom. The van der Waals surface area contributed by atoms with Crippen LogP contribution in [0.1, 0.15) is 11.7 Å². The molecule has 1 aliphatic heterocycles. The molecule has 0 unspecified atom stereocenters. The van der Waals surface area contributed by atoms with E-state index in [4.69, 9.17) is 21.1 Å². The van der Waals surface area contributed by atoms with Crippen molar-refractivity contribution in [2.45, 2.75) is 18.4 Å². The second-order valence-corrected chi connectivity index (χ2v) is 4.29. The van der Waals surface area contributed by atoms with Gasteiger partial charge in [0.2, 0.25) is 0 Å². The first-order valence-electron chi connectivity index (χ1n) is 5.13. The number of alkyl halides is 3. The van der Waals surface area contributed by atoms with Crippen LogP contribution in [0.25, 0.3) is 0 Å². The van der Waals surface area contributed by atoms with E-state index in [1.807, 2.05) is 0 Å². The molecule has 0 radical (unpaired) electrons. The second kappa shape index (κ2) is 5.03. The van der Waals surface area contributed by atoms with Gasteiger partial charge in [-0.2, -0.15) is 13.2 Å². The van der Waals surface area contributed by atoms with Crippen LogP contribution >= 0.6 is 11.6 Å². The van der Waals surface area contributed by atoms with Gasteiger partial charge in [-0.25, -0.2) is 4.39 Å². The monoisotopic (exact) mass is 284 g/mol. The average Bonchev–Trinajstić information content (AvgIpc) is 3.05. The number of benzene rings is 1. The van der Waals surface area contributed by atoms with Crippen LogP contribution in [0, 0.1) is 5.82 Å². The van der Waals surface area contributed by atoms with Gasteiger partial charge in [0.15, 0.2) is 6.10 Å². The largest absolute Gasteiger partial charge is 0.418 e. The average molecular weight is 285 g/mol. The van der Waals surface area contributed by atoms with Crippen molar-refractivity contribution in [3.8, 4) is 0 Å². The van der Waals surface area contributed by atoms with Gasteiger partial charge in [0, 0.05) is 0 Å². The zero-order chi connectivity index (χ0) is 13.3. The summed E-state index contributed by atoms with van der Waals surface area (Å²) in [5.74, 6) is -0.908. The molecule has 7 heteroatoms. The molecule has 0 saturated carbocycles. The summed E-state index contributed by atoms with van der Waals surface area (Å²) in [5.41, 5.74) is -0.315. The van der Waals surface area contributed by atoms with Crippen molar-refractivity contribution in [1.29, 1.82) is 0 Å². The van der Waals surface area contributed by atoms with E-state index in [2.05, 4.69) is 0 Å². The van der Waals surface area contributed by atoms with Gasteiger partial charge in [-0.15, -0.1) is 0 Å². The number of halogens is 5. The third kappa shape index (κ3) is 3.34. The first-order valence-corrected chi connectivity index (χ1v) is 5.50. The molecule has 0 amide bonds. The molecule has 0 aliphatic carbocycles. The Bertz CT molecular complexity index is 432. The molecule has 1 aliphatic rings. The summed E-state index contributed by atoms with van der Waals surface area (Å²) in [7, 11) is 0. The van der Waals surface area contributed by atoms with Gasteiger partial charge in [-0.3, -0.25) is 0 Å². The van der Waals surface area contributed by atoms with Gasteiger partial charge in [0.1, 0.15) is 11.9 Å². The van der Waals surface area contributed by atoms with E-state index in [0.717, 1.165) is 18.2 Å². The summed E-state index contributed by atoms with van der Waals surface area (Å²) >= 11 is 5.42. The molecule has 1 saturated heterocycles. The van der Waals surface area contributed by atoms with Gasteiger partial charge in [0.25, 0.3) is 0 Å². The third-order valence-electron chi connectivity index (χ3n) is 2.39. The van der Waals surface area contributed by atoms with Crippen molar-refractivity contribution in [2.24, 2.45) is 0 Å². The minimum Gasteiger partial charge on any atom is -0.371 e. The maximum Gasteiger partial charge on any atom is 0.418 e. The minimum absolute atomic E-state index is 0.172. The Kier molecular flexibility index (Phi) is 3.79. The van der Waals surface area contributed by atoms with Gasteiger partial charge in [0.05, 0.1) is 18.2 Å². The summed E-state index contributed by atoms with van der Waals surface area (Å²) < 4.78 is 61.0. The van der Waals surface area contributed by atoms with Gasteiger partial charge >= 0.3 is 6.18 Å². The lowest BCUT2D eigenvalue weighted by Gasteiger charge is -2.21. The van der Waals surface area contributed by atoms with Crippen LogP contribution in [-0.4, -0.2) is 25.5 Å². The highest BCUT2D eigenvalue weighted by molar-refractivity contribution is 6.30. The lowest BCUT2D eigenvalue weighted by molar-refractivity contribution is -0.224. The highest BCUT2D eigenvalue weighted by atomic mass is 35.5. The number of rotatable bonds is 4. The Morgan fingerprint density at radius 2 is 2.11 bits per heavy atom. The van der Waals surface area contributed by atoms with Gasteiger partial charge < -0.3 is 9.47 Å². The van der Waals surface area contributed by atoms with Gasteiger partial charge in [-0.05, 0) is 17.7 Å². The zero-order valence-electron chi connectivity index (χ0n) is 9.01. The van der Waals surface area contributed by atoms with Crippen molar-refractivity contribution in [1.82, 2.24) is 0 Å². The van der Waals surface area contributed by atoms with Crippen molar-refractivity contribution >= 4 is 11.6 Å². The van der Waals surface area contributed by atoms with Crippen molar-refractivity contribution < 1.29 is 27.0 Å². The highest BCUT2D eigenvalue weighted by Gasteiger charge is 2.43. The molecule has 0 bridgehead atoms. The van der Waals surface area contributed by atoms with E-state index >= 15 is 0 Å². The Labute approximate surface area is 105 Å². The molecule has 100 valence electrons. The van der Waals surface area contributed by atoms with Gasteiger partial charge in [-0.1, -0.05) is 17.7 Å². The number of ether oxygens (including phenoxy) is 2. The van der Waals surface area contributed by atoms with Crippen molar-refractivity contribution in [3.63, 3.8) is 0 Å². The zero-order valence-corrected chi connectivity index (χ0v) is 9.76. The normalized spacial score (nSPS) is 20.8. The fourth-order valence-electron chi connectivity index (χ4n) is 1.42. The molecular formula is C11H9ClF4O2. The smallest absolute Gasteiger partial charge is 0.371 e. The molecular weight excluding hydrogens is 276 g/mol. The third-order valence-corrected chi connectivity index (χ3v) is 2.70. The molecule has 0 N–H and O–H groups in total. The minimum atomic E-state index is -4.62. The van der Waals surface area contributed by atoms with Crippen LogP contribution < -0.4 is 0 Å². The Hall–Kier alpha value is -0.850. The molecule has 0 spiro atoms. The summed E-state index contributed by atoms with van der Waals surface area (Å²) in [5, 5.41) is -0.231. The fraction of sp³-hybridized carbons (Fsp3) is 0.455. The molecule has 1 aromatic carbocycles. The van der Waals surface area contributed by atoms with Crippen LogP contribution in [0.4, 0.5) is 17.6 Å². The maximum absolute atomic E-state index is 13.2. The van der Waals surface area contributed by atoms with E-state index in [-0.39, 0.29) is 23.3 Å². The van der Waals surface area contributed by atoms with Crippen LogP contribution in [0.2, 0.25) is 5.02 Å². The molecule has 1 aromatic rings. The highest BCUT2D eigenvalue weighted by Crippen LogP contribution is 2.37. The number of hydrogen-bond donors (Lipinski definition) is 0. The summed E-state index contributed by atoms with van der Waals surface area (Å²) in [6.07, 6.45) is -7.09. The topological polar surface area (TPSA) is 21.8 Å². The van der Waals surface area contributed by atoms with Crippen LogP contribution in [0.3, 0.4) is 0 Å². The molecule has 0 aromatic heterocycles. The predicted molar refractivity (Wildman–Crippen MR) is 55.9 cm³/mol. The first kappa shape index (κ1) is 13.6. The molecule has 2 nitrogen and oxygen atoms in total. The van der Waals surface area contributed by atoms with E-state index in [1.165, 1.54) is 0 Å². The summed E-state index contributed by atoms with van der Waals surface area (Å²) in [6, 6.07) is 2.90. The van der Waals surface area contributed by atoms with Crippen LogP contribution in [0.5, 0.6) is 0 Å². The van der Waals surface area contributed by atoms with Crippen LogP contribution in [0.15, 0.2) is 18.2 Å². The van der Waals surface area contributed by atoms with Crippen molar-refractivity contribution in [2.75, 3.05) is 13.2 Å². The first-order chi connectivity index (χ1) is 8.38. The lowest BCUT2D eigenvalue weighted by atomic mass is 10.1. The fourth-order valence-corrected chi connectivity index (χ4v) is 1.54. The van der Waals surface area contributed by atoms with E-state index in [1.54, 1.807) is 0 Å². The lowest BCUT2D eigenvalue weighted by Crippen LogP contribution is -2.25. The summed E-state index contributed by atoms with van der Waals surface area (Å²) in [4.78, 5) is 0. The Balaban J connectivity index is 2.17. The number of hydrogen-bond acceptors (Lipinski definition) is 2. The molecule has 2 rings (SSSR count). The summed E-state index contributed by atoms with van der Waals surface area (Å²) in [6.45, 7) is 0.216. The molecule has 1 fully saturated rings. The van der Waals surface area contributed by atoms with E-state index < -0.39 is 18.1 Å². The SMILES string of the molecule is Fc1cc([C@H](OC[C@H]2CO2)C(F)(F)F)ccc1Cl. The van der Waals surface area contributed by atoms with E-state index in [0.29, 0.717) is 6.61 Å². The maximum atomic E-state index is 13.2. The van der Waals surface area contributed by atoms with Crippen molar-refractivity contribution in [3.05, 3.63) is 34.6 Å². The quantitative estimate of drug-likeness (QED) is 0.623. The second-order valence-electron chi connectivity index (χ2n) is 3.88. The van der Waals surface area contributed by atoms with Crippen LogP contribution in [-0.2, 0) is 9.47 Å². The number of epoxide rings is 1.